The van der Waals surface area contributed by atoms with Crippen LogP contribution in [0.2, 0.25) is 0 Å². The SMILES string of the molecule is CCN(CCO)CC(=O)Nc1ccccc1C(C)(C)C. The van der Waals surface area contributed by atoms with Crippen LogP contribution in [0.3, 0.4) is 0 Å². The van der Waals surface area contributed by atoms with Crippen molar-refractivity contribution in [3.05, 3.63) is 29.8 Å². The van der Waals surface area contributed by atoms with Crippen LogP contribution in [0.4, 0.5) is 5.69 Å². The zero-order valence-electron chi connectivity index (χ0n) is 12.9. The van der Waals surface area contributed by atoms with Gasteiger partial charge in [-0.1, -0.05) is 45.9 Å². The molecule has 0 radical (unpaired) electrons. The van der Waals surface area contributed by atoms with Crippen molar-refractivity contribution in [2.45, 2.75) is 33.1 Å². The molecule has 1 amide bonds. The van der Waals surface area contributed by atoms with Gasteiger partial charge < -0.3 is 10.4 Å². The molecule has 4 heteroatoms. The molecule has 0 aromatic heterocycles. The second-order valence-corrected chi connectivity index (χ2v) is 5.94. The molecule has 0 saturated carbocycles. The molecule has 1 aromatic carbocycles. The predicted molar refractivity (Wildman–Crippen MR) is 83.0 cm³/mol. The Kier molecular flexibility index (Phi) is 6.17. The van der Waals surface area contributed by atoms with Crippen LogP contribution < -0.4 is 5.32 Å². The van der Waals surface area contributed by atoms with E-state index in [9.17, 15) is 4.79 Å². The zero-order chi connectivity index (χ0) is 15.2. The molecule has 0 unspecified atom stereocenters. The number of aliphatic hydroxyl groups is 1. The van der Waals surface area contributed by atoms with E-state index in [2.05, 4.69) is 26.1 Å². The lowest BCUT2D eigenvalue weighted by atomic mass is 9.86. The summed E-state index contributed by atoms with van der Waals surface area (Å²) in [5.74, 6) is -0.0444. The Morgan fingerprint density at radius 1 is 1.30 bits per heavy atom. The van der Waals surface area contributed by atoms with Gasteiger partial charge in [-0.2, -0.15) is 0 Å². The molecule has 0 spiro atoms. The number of likely N-dealkylation sites (N-methyl/N-ethyl adjacent to an activating group) is 1. The van der Waals surface area contributed by atoms with Crippen LogP contribution in [-0.4, -0.2) is 42.2 Å². The lowest BCUT2D eigenvalue weighted by Crippen LogP contribution is -2.35. The van der Waals surface area contributed by atoms with E-state index in [0.717, 1.165) is 17.8 Å². The Labute approximate surface area is 121 Å². The van der Waals surface area contributed by atoms with E-state index < -0.39 is 0 Å². The maximum absolute atomic E-state index is 12.1. The van der Waals surface area contributed by atoms with Crippen molar-refractivity contribution in [2.75, 3.05) is 31.6 Å². The molecule has 4 nitrogen and oxygen atoms in total. The minimum absolute atomic E-state index is 0.0145. The second kappa shape index (κ2) is 7.41. The third-order valence-corrected chi connectivity index (χ3v) is 3.24. The van der Waals surface area contributed by atoms with E-state index in [4.69, 9.17) is 5.11 Å². The lowest BCUT2D eigenvalue weighted by molar-refractivity contribution is -0.117. The van der Waals surface area contributed by atoms with Gasteiger partial charge in [-0.05, 0) is 23.6 Å². The van der Waals surface area contributed by atoms with Crippen molar-refractivity contribution >= 4 is 11.6 Å². The number of nitrogens with one attached hydrogen (secondary N) is 1. The average Bonchev–Trinajstić information content (AvgIpc) is 2.37. The number of amides is 1. The predicted octanol–water partition coefficient (Wildman–Crippen LogP) is 2.24. The number of aliphatic hydroxyl groups excluding tert-OH is 1. The van der Waals surface area contributed by atoms with Gasteiger partial charge in [0, 0.05) is 12.2 Å². The summed E-state index contributed by atoms with van der Waals surface area (Å²) in [6.45, 7) is 9.99. The number of para-hydroxylation sites is 1. The summed E-state index contributed by atoms with van der Waals surface area (Å²) >= 11 is 0. The maximum atomic E-state index is 12.1. The minimum Gasteiger partial charge on any atom is -0.395 e. The molecule has 0 aliphatic carbocycles. The van der Waals surface area contributed by atoms with Crippen molar-refractivity contribution in [3.63, 3.8) is 0 Å². The number of hydrogen-bond donors (Lipinski definition) is 2. The van der Waals surface area contributed by atoms with E-state index in [1.54, 1.807) is 0 Å². The fourth-order valence-corrected chi connectivity index (χ4v) is 2.13. The number of anilines is 1. The van der Waals surface area contributed by atoms with Gasteiger partial charge in [0.25, 0.3) is 0 Å². The third kappa shape index (κ3) is 4.94. The van der Waals surface area contributed by atoms with Crippen LogP contribution in [0, 0.1) is 0 Å². The first-order valence-corrected chi connectivity index (χ1v) is 7.11. The monoisotopic (exact) mass is 278 g/mol. The minimum atomic E-state index is -0.0444. The Morgan fingerprint density at radius 2 is 1.95 bits per heavy atom. The lowest BCUT2D eigenvalue weighted by Gasteiger charge is -2.24. The van der Waals surface area contributed by atoms with Crippen molar-refractivity contribution in [3.8, 4) is 0 Å². The first-order chi connectivity index (χ1) is 9.38. The summed E-state index contributed by atoms with van der Waals surface area (Å²) in [4.78, 5) is 14.0. The summed E-state index contributed by atoms with van der Waals surface area (Å²) in [5.41, 5.74) is 1.97. The summed E-state index contributed by atoms with van der Waals surface area (Å²) in [5, 5.41) is 11.9. The Bertz CT molecular complexity index is 438. The first-order valence-electron chi connectivity index (χ1n) is 7.11. The highest BCUT2D eigenvalue weighted by Crippen LogP contribution is 2.29. The quantitative estimate of drug-likeness (QED) is 0.839. The van der Waals surface area contributed by atoms with Gasteiger partial charge in [-0.15, -0.1) is 0 Å². The van der Waals surface area contributed by atoms with Crippen LogP contribution in [0.1, 0.15) is 33.3 Å². The Morgan fingerprint density at radius 3 is 2.50 bits per heavy atom. The average molecular weight is 278 g/mol. The standard InChI is InChI=1S/C16H26N2O2/c1-5-18(10-11-19)12-15(20)17-14-9-7-6-8-13(14)16(2,3)4/h6-9,19H,5,10-12H2,1-4H3,(H,17,20). The number of carbonyl (C=O) groups is 1. The van der Waals surface area contributed by atoms with Crippen molar-refractivity contribution in [2.24, 2.45) is 0 Å². The molecular weight excluding hydrogens is 252 g/mol. The van der Waals surface area contributed by atoms with Gasteiger partial charge in [0.1, 0.15) is 0 Å². The normalized spacial score (nSPS) is 11.7. The topological polar surface area (TPSA) is 52.6 Å². The summed E-state index contributed by atoms with van der Waals surface area (Å²) in [6, 6.07) is 7.89. The maximum Gasteiger partial charge on any atom is 0.238 e. The number of nitrogens with zero attached hydrogens (tertiary/aromatic N) is 1. The van der Waals surface area contributed by atoms with Crippen molar-refractivity contribution in [1.82, 2.24) is 4.90 Å². The molecule has 2 N–H and O–H groups in total. The van der Waals surface area contributed by atoms with E-state index in [1.807, 2.05) is 36.1 Å². The highest BCUT2D eigenvalue weighted by atomic mass is 16.3. The van der Waals surface area contributed by atoms with Gasteiger partial charge >= 0.3 is 0 Å². The number of rotatable bonds is 6. The van der Waals surface area contributed by atoms with Gasteiger partial charge in [0.05, 0.1) is 13.2 Å². The molecule has 1 rings (SSSR count). The second-order valence-electron chi connectivity index (χ2n) is 5.94. The number of benzene rings is 1. The molecule has 0 heterocycles. The molecule has 0 atom stereocenters. The summed E-state index contributed by atoms with van der Waals surface area (Å²) in [7, 11) is 0. The molecule has 0 aliphatic rings. The molecule has 0 aliphatic heterocycles. The zero-order valence-corrected chi connectivity index (χ0v) is 12.9. The summed E-state index contributed by atoms with van der Waals surface area (Å²) in [6.07, 6.45) is 0. The smallest absolute Gasteiger partial charge is 0.238 e. The highest BCUT2D eigenvalue weighted by molar-refractivity contribution is 5.93. The van der Waals surface area contributed by atoms with Crippen LogP contribution in [0.5, 0.6) is 0 Å². The Balaban J connectivity index is 2.76. The molecule has 20 heavy (non-hydrogen) atoms. The molecule has 0 saturated heterocycles. The fourth-order valence-electron chi connectivity index (χ4n) is 2.13. The van der Waals surface area contributed by atoms with E-state index >= 15 is 0 Å². The van der Waals surface area contributed by atoms with Crippen LogP contribution in [0.25, 0.3) is 0 Å². The van der Waals surface area contributed by atoms with Crippen LogP contribution in [-0.2, 0) is 10.2 Å². The molecule has 0 bridgehead atoms. The first kappa shape index (κ1) is 16.7. The van der Waals surface area contributed by atoms with E-state index in [0.29, 0.717) is 13.1 Å². The number of carbonyl (C=O) groups excluding carboxylic acids is 1. The highest BCUT2D eigenvalue weighted by Gasteiger charge is 2.19. The fraction of sp³-hybridized carbons (Fsp3) is 0.562. The van der Waals surface area contributed by atoms with Crippen molar-refractivity contribution in [1.29, 1.82) is 0 Å². The van der Waals surface area contributed by atoms with E-state index in [1.165, 1.54) is 0 Å². The summed E-state index contributed by atoms with van der Waals surface area (Å²) < 4.78 is 0. The van der Waals surface area contributed by atoms with Crippen LogP contribution >= 0.6 is 0 Å². The molecular formula is C16H26N2O2. The molecule has 1 aromatic rings. The van der Waals surface area contributed by atoms with Gasteiger partial charge in [-0.3, -0.25) is 9.69 Å². The van der Waals surface area contributed by atoms with E-state index in [-0.39, 0.29) is 17.9 Å². The van der Waals surface area contributed by atoms with Crippen molar-refractivity contribution < 1.29 is 9.90 Å². The van der Waals surface area contributed by atoms with Gasteiger partial charge in [-0.25, -0.2) is 0 Å². The number of hydrogen-bond acceptors (Lipinski definition) is 3. The third-order valence-electron chi connectivity index (χ3n) is 3.24. The largest absolute Gasteiger partial charge is 0.395 e. The van der Waals surface area contributed by atoms with Gasteiger partial charge in [0.2, 0.25) is 5.91 Å². The van der Waals surface area contributed by atoms with Gasteiger partial charge in [0.15, 0.2) is 0 Å². The Hall–Kier alpha value is -1.39. The van der Waals surface area contributed by atoms with Crippen LogP contribution in [0.15, 0.2) is 24.3 Å². The molecule has 0 fully saturated rings. The molecule has 112 valence electrons.